The summed E-state index contributed by atoms with van der Waals surface area (Å²) >= 11 is 6.25. The van der Waals surface area contributed by atoms with Gasteiger partial charge >= 0.3 is 0 Å². The van der Waals surface area contributed by atoms with Gasteiger partial charge in [0.2, 0.25) is 5.91 Å². The SMILES string of the molecule is O=C(Cc1ccccc1Cl)N1CCN(C2CC2)CC1c1ccccc1. The quantitative estimate of drug-likeness (QED) is 0.830. The molecule has 2 aliphatic rings. The summed E-state index contributed by atoms with van der Waals surface area (Å²) in [6.45, 7) is 2.70. The summed E-state index contributed by atoms with van der Waals surface area (Å²) < 4.78 is 0. The Labute approximate surface area is 154 Å². The van der Waals surface area contributed by atoms with E-state index in [0.29, 0.717) is 11.4 Å². The lowest BCUT2D eigenvalue weighted by atomic mass is 10.0. The van der Waals surface area contributed by atoms with Gasteiger partial charge in [0.1, 0.15) is 0 Å². The first-order chi connectivity index (χ1) is 12.2. The van der Waals surface area contributed by atoms with Crippen LogP contribution in [0.25, 0.3) is 0 Å². The second kappa shape index (κ2) is 7.19. The maximum absolute atomic E-state index is 13.0. The Hall–Kier alpha value is -1.84. The number of hydrogen-bond acceptors (Lipinski definition) is 2. The van der Waals surface area contributed by atoms with E-state index in [2.05, 4.69) is 34.1 Å². The minimum atomic E-state index is 0.130. The number of piperazine rings is 1. The molecule has 0 spiro atoms. The maximum atomic E-state index is 13.0. The zero-order valence-corrected chi connectivity index (χ0v) is 15.0. The lowest BCUT2D eigenvalue weighted by Gasteiger charge is -2.42. The molecule has 1 aliphatic heterocycles. The molecular weight excluding hydrogens is 332 g/mol. The molecule has 1 aliphatic carbocycles. The Bertz CT molecular complexity index is 745. The van der Waals surface area contributed by atoms with Crippen molar-refractivity contribution < 1.29 is 4.79 Å². The van der Waals surface area contributed by atoms with Gasteiger partial charge in [0.05, 0.1) is 12.5 Å². The van der Waals surface area contributed by atoms with Crippen LogP contribution in [0, 0.1) is 0 Å². The van der Waals surface area contributed by atoms with Crippen molar-refractivity contribution in [3.63, 3.8) is 0 Å². The fraction of sp³-hybridized carbons (Fsp3) is 0.381. The first-order valence-electron chi connectivity index (χ1n) is 9.04. The zero-order chi connectivity index (χ0) is 17.2. The van der Waals surface area contributed by atoms with Crippen molar-refractivity contribution in [1.29, 1.82) is 0 Å². The summed E-state index contributed by atoms with van der Waals surface area (Å²) in [5.74, 6) is 0.164. The Morgan fingerprint density at radius 3 is 2.44 bits per heavy atom. The van der Waals surface area contributed by atoms with E-state index in [9.17, 15) is 4.79 Å². The molecule has 1 unspecified atom stereocenters. The molecule has 1 heterocycles. The number of amides is 1. The second-order valence-electron chi connectivity index (χ2n) is 7.01. The Morgan fingerprint density at radius 2 is 1.72 bits per heavy atom. The lowest BCUT2D eigenvalue weighted by molar-refractivity contribution is -0.135. The molecule has 1 atom stereocenters. The number of hydrogen-bond donors (Lipinski definition) is 0. The molecule has 0 aromatic heterocycles. The highest BCUT2D eigenvalue weighted by Gasteiger charge is 2.37. The lowest BCUT2D eigenvalue weighted by Crippen LogP contribution is -2.51. The van der Waals surface area contributed by atoms with Gasteiger partial charge in [-0.3, -0.25) is 9.69 Å². The zero-order valence-electron chi connectivity index (χ0n) is 14.3. The van der Waals surface area contributed by atoms with Gasteiger partial charge in [0.25, 0.3) is 0 Å². The van der Waals surface area contributed by atoms with E-state index >= 15 is 0 Å². The smallest absolute Gasteiger partial charge is 0.227 e. The molecule has 4 heteroatoms. The summed E-state index contributed by atoms with van der Waals surface area (Å²) in [5, 5.41) is 0.670. The van der Waals surface area contributed by atoms with Crippen molar-refractivity contribution in [2.45, 2.75) is 31.3 Å². The second-order valence-corrected chi connectivity index (χ2v) is 7.42. The van der Waals surface area contributed by atoms with E-state index < -0.39 is 0 Å². The van der Waals surface area contributed by atoms with Crippen LogP contribution in [0.5, 0.6) is 0 Å². The van der Waals surface area contributed by atoms with Crippen molar-refractivity contribution in [1.82, 2.24) is 9.80 Å². The number of carbonyl (C=O) groups excluding carboxylic acids is 1. The van der Waals surface area contributed by atoms with Crippen LogP contribution in [0.2, 0.25) is 5.02 Å². The third-order valence-electron chi connectivity index (χ3n) is 5.28. The van der Waals surface area contributed by atoms with Gasteiger partial charge in [-0.2, -0.15) is 0 Å². The van der Waals surface area contributed by atoms with Crippen LogP contribution >= 0.6 is 11.6 Å². The van der Waals surface area contributed by atoms with Gasteiger partial charge in [-0.05, 0) is 30.0 Å². The summed E-state index contributed by atoms with van der Waals surface area (Å²) in [6.07, 6.45) is 2.97. The maximum Gasteiger partial charge on any atom is 0.227 e. The predicted molar refractivity (Wildman–Crippen MR) is 101 cm³/mol. The number of carbonyl (C=O) groups is 1. The van der Waals surface area contributed by atoms with Gasteiger partial charge in [0.15, 0.2) is 0 Å². The largest absolute Gasteiger partial charge is 0.333 e. The molecule has 1 amide bonds. The minimum absolute atomic E-state index is 0.130. The molecule has 1 saturated carbocycles. The molecule has 0 radical (unpaired) electrons. The number of halogens is 1. The van der Waals surface area contributed by atoms with Crippen LogP contribution in [0.15, 0.2) is 54.6 Å². The van der Waals surface area contributed by atoms with E-state index in [1.807, 2.05) is 30.3 Å². The van der Waals surface area contributed by atoms with Gasteiger partial charge in [0, 0.05) is 30.7 Å². The van der Waals surface area contributed by atoms with Gasteiger partial charge in [-0.25, -0.2) is 0 Å². The highest BCUT2D eigenvalue weighted by atomic mass is 35.5. The van der Waals surface area contributed by atoms with Gasteiger partial charge in [-0.15, -0.1) is 0 Å². The molecule has 130 valence electrons. The van der Waals surface area contributed by atoms with Crippen molar-refractivity contribution in [3.8, 4) is 0 Å². The topological polar surface area (TPSA) is 23.6 Å². The molecule has 0 bridgehead atoms. The molecule has 2 aromatic carbocycles. The highest BCUT2D eigenvalue weighted by Crippen LogP contribution is 2.34. The fourth-order valence-corrected chi connectivity index (χ4v) is 3.94. The fourth-order valence-electron chi connectivity index (χ4n) is 3.74. The minimum Gasteiger partial charge on any atom is -0.333 e. The average molecular weight is 355 g/mol. The Morgan fingerprint density at radius 1 is 1.00 bits per heavy atom. The number of benzene rings is 2. The summed E-state index contributed by atoms with van der Waals surface area (Å²) in [7, 11) is 0. The Kier molecular flexibility index (Phi) is 4.78. The van der Waals surface area contributed by atoms with E-state index in [1.54, 1.807) is 0 Å². The van der Waals surface area contributed by atoms with E-state index in [1.165, 1.54) is 18.4 Å². The first kappa shape index (κ1) is 16.6. The monoisotopic (exact) mass is 354 g/mol. The molecule has 2 fully saturated rings. The summed E-state index contributed by atoms with van der Waals surface area (Å²) in [4.78, 5) is 17.7. The molecular formula is C21H23ClN2O. The molecule has 1 saturated heterocycles. The van der Waals surface area contributed by atoms with Gasteiger partial charge in [-0.1, -0.05) is 60.1 Å². The molecule has 25 heavy (non-hydrogen) atoms. The van der Waals surface area contributed by atoms with Crippen LogP contribution in [0.3, 0.4) is 0 Å². The van der Waals surface area contributed by atoms with Crippen LogP contribution in [0.4, 0.5) is 0 Å². The number of rotatable bonds is 4. The van der Waals surface area contributed by atoms with Crippen molar-refractivity contribution in [3.05, 3.63) is 70.7 Å². The number of nitrogens with zero attached hydrogens (tertiary/aromatic N) is 2. The van der Waals surface area contributed by atoms with Gasteiger partial charge < -0.3 is 4.90 Å². The van der Waals surface area contributed by atoms with E-state index in [-0.39, 0.29) is 11.9 Å². The third-order valence-corrected chi connectivity index (χ3v) is 5.65. The van der Waals surface area contributed by atoms with Crippen molar-refractivity contribution in [2.24, 2.45) is 0 Å². The third kappa shape index (κ3) is 3.73. The average Bonchev–Trinajstić information content (AvgIpc) is 3.49. The predicted octanol–water partition coefficient (Wildman–Crippen LogP) is 3.93. The first-order valence-corrected chi connectivity index (χ1v) is 9.42. The molecule has 0 N–H and O–H groups in total. The summed E-state index contributed by atoms with van der Waals surface area (Å²) in [6, 6.07) is 18.9. The molecule has 4 rings (SSSR count). The van der Waals surface area contributed by atoms with Crippen LogP contribution < -0.4 is 0 Å². The van der Waals surface area contributed by atoms with Crippen molar-refractivity contribution in [2.75, 3.05) is 19.6 Å². The standard InChI is InChI=1S/C21H23ClN2O/c22-19-9-5-4-8-17(19)14-21(25)24-13-12-23(18-10-11-18)15-20(24)16-6-2-1-3-7-16/h1-9,18,20H,10-15H2. The molecule has 2 aromatic rings. The normalized spacial score (nSPS) is 21.3. The van der Waals surface area contributed by atoms with Crippen LogP contribution in [0.1, 0.15) is 30.0 Å². The van der Waals surface area contributed by atoms with Crippen molar-refractivity contribution >= 4 is 17.5 Å². The molecule has 3 nitrogen and oxygen atoms in total. The Balaban J connectivity index is 1.55. The van der Waals surface area contributed by atoms with Crippen LogP contribution in [-0.2, 0) is 11.2 Å². The van der Waals surface area contributed by atoms with E-state index in [0.717, 1.165) is 31.2 Å². The highest BCUT2D eigenvalue weighted by molar-refractivity contribution is 6.31. The summed E-state index contributed by atoms with van der Waals surface area (Å²) in [5.41, 5.74) is 2.13. The van der Waals surface area contributed by atoms with E-state index in [4.69, 9.17) is 11.6 Å². The van der Waals surface area contributed by atoms with Crippen LogP contribution in [-0.4, -0.2) is 41.4 Å².